The third-order valence-electron chi connectivity index (χ3n) is 5.12. The molecular weight excluding hydrogens is 425 g/mol. The minimum absolute atomic E-state index is 0. The monoisotopic (exact) mass is 457 g/mol. The van der Waals surface area contributed by atoms with Crippen LogP contribution in [0.2, 0.25) is 0 Å². The van der Waals surface area contributed by atoms with Gasteiger partial charge in [-0.3, -0.25) is 4.99 Å². The summed E-state index contributed by atoms with van der Waals surface area (Å²) in [5.74, 6) is 3.42. The summed E-state index contributed by atoms with van der Waals surface area (Å²) < 4.78 is 23.0. The first-order chi connectivity index (χ1) is 10.4. The molecule has 0 aromatic heterocycles. The van der Waals surface area contributed by atoms with Crippen molar-refractivity contribution in [3.8, 4) is 0 Å². The molecule has 1 saturated heterocycles. The van der Waals surface area contributed by atoms with Crippen LogP contribution in [0, 0.1) is 17.8 Å². The van der Waals surface area contributed by atoms with Crippen LogP contribution in [0.4, 0.5) is 0 Å². The summed E-state index contributed by atoms with van der Waals surface area (Å²) >= 11 is 0. The number of aliphatic imine (C=N–C) groups is 1. The average Bonchev–Trinajstić information content (AvgIpc) is 2.81. The summed E-state index contributed by atoms with van der Waals surface area (Å²) in [6.07, 6.45) is 6.07. The summed E-state index contributed by atoms with van der Waals surface area (Å²) in [5, 5.41) is 3.36. The van der Waals surface area contributed by atoms with E-state index in [0.29, 0.717) is 18.1 Å². The molecule has 5 nitrogen and oxygen atoms in total. The Kier molecular flexibility index (Phi) is 8.61. The van der Waals surface area contributed by atoms with E-state index in [1.165, 1.54) is 25.7 Å². The van der Waals surface area contributed by atoms with E-state index in [-0.39, 0.29) is 29.9 Å². The predicted octanol–water partition coefficient (Wildman–Crippen LogP) is 2.37. The Morgan fingerprint density at radius 3 is 2.35 bits per heavy atom. The summed E-state index contributed by atoms with van der Waals surface area (Å²) in [7, 11) is 1.09. The van der Waals surface area contributed by atoms with Crippen LogP contribution < -0.4 is 5.32 Å². The molecule has 0 bridgehead atoms. The SMILES string of the molecule is CN=C(NCC1CCS(=O)(=O)C1)N(C)CC1CCC(C)CC1.I. The maximum Gasteiger partial charge on any atom is 0.193 e. The Balaban J connectivity index is 0.00000264. The van der Waals surface area contributed by atoms with E-state index < -0.39 is 9.84 Å². The fraction of sp³-hybridized carbons (Fsp3) is 0.938. The Morgan fingerprint density at radius 2 is 1.83 bits per heavy atom. The van der Waals surface area contributed by atoms with Crippen LogP contribution in [0.5, 0.6) is 0 Å². The molecule has 0 aromatic carbocycles. The van der Waals surface area contributed by atoms with Crippen LogP contribution in [-0.2, 0) is 9.84 Å². The topological polar surface area (TPSA) is 61.8 Å². The van der Waals surface area contributed by atoms with Crippen molar-refractivity contribution in [3.05, 3.63) is 0 Å². The fourth-order valence-electron chi connectivity index (χ4n) is 3.64. The summed E-state index contributed by atoms with van der Waals surface area (Å²) in [5.41, 5.74) is 0. The molecule has 1 aliphatic heterocycles. The molecule has 0 spiro atoms. The van der Waals surface area contributed by atoms with E-state index in [4.69, 9.17) is 0 Å². The van der Waals surface area contributed by atoms with Crippen molar-refractivity contribution < 1.29 is 8.42 Å². The first kappa shape index (κ1) is 21.0. The van der Waals surface area contributed by atoms with Gasteiger partial charge in [-0.25, -0.2) is 8.42 Å². The third kappa shape index (κ3) is 6.76. The maximum absolute atomic E-state index is 11.5. The minimum Gasteiger partial charge on any atom is -0.356 e. The van der Waals surface area contributed by atoms with Gasteiger partial charge >= 0.3 is 0 Å². The number of sulfone groups is 1. The fourth-order valence-corrected chi connectivity index (χ4v) is 5.50. The zero-order valence-corrected chi connectivity index (χ0v) is 17.8. The molecule has 2 fully saturated rings. The largest absolute Gasteiger partial charge is 0.356 e. The van der Waals surface area contributed by atoms with Crippen molar-refractivity contribution in [1.82, 2.24) is 10.2 Å². The van der Waals surface area contributed by atoms with Gasteiger partial charge in [0.2, 0.25) is 0 Å². The number of rotatable bonds is 4. The lowest BCUT2D eigenvalue weighted by Crippen LogP contribution is -2.43. The molecule has 1 atom stereocenters. The van der Waals surface area contributed by atoms with E-state index in [9.17, 15) is 8.42 Å². The minimum atomic E-state index is -2.79. The van der Waals surface area contributed by atoms with Gasteiger partial charge in [0.25, 0.3) is 0 Å². The number of nitrogens with one attached hydrogen (secondary N) is 1. The van der Waals surface area contributed by atoms with Gasteiger partial charge in [-0.15, -0.1) is 24.0 Å². The van der Waals surface area contributed by atoms with Gasteiger partial charge in [0, 0.05) is 27.2 Å². The molecule has 7 heteroatoms. The van der Waals surface area contributed by atoms with E-state index in [1.807, 2.05) is 0 Å². The molecule has 0 amide bonds. The van der Waals surface area contributed by atoms with Gasteiger partial charge in [0.1, 0.15) is 0 Å². The highest BCUT2D eigenvalue weighted by molar-refractivity contribution is 14.0. The number of hydrogen-bond acceptors (Lipinski definition) is 3. The van der Waals surface area contributed by atoms with Gasteiger partial charge in [0.05, 0.1) is 11.5 Å². The molecule has 1 unspecified atom stereocenters. The Hall–Kier alpha value is -0.0500. The highest BCUT2D eigenvalue weighted by Gasteiger charge is 2.28. The second-order valence-electron chi connectivity index (χ2n) is 7.20. The van der Waals surface area contributed by atoms with E-state index in [2.05, 4.69) is 29.2 Å². The van der Waals surface area contributed by atoms with Gasteiger partial charge < -0.3 is 10.2 Å². The van der Waals surface area contributed by atoms with Crippen LogP contribution in [0.1, 0.15) is 39.0 Å². The smallest absolute Gasteiger partial charge is 0.193 e. The van der Waals surface area contributed by atoms with Gasteiger partial charge in [-0.1, -0.05) is 19.8 Å². The number of halogens is 1. The van der Waals surface area contributed by atoms with Crippen molar-refractivity contribution in [1.29, 1.82) is 0 Å². The average molecular weight is 457 g/mol. The van der Waals surface area contributed by atoms with Crippen molar-refractivity contribution in [3.63, 3.8) is 0 Å². The zero-order valence-electron chi connectivity index (χ0n) is 14.6. The molecule has 136 valence electrons. The predicted molar refractivity (Wildman–Crippen MR) is 107 cm³/mol. The van der Waals surface area contributed by atoms with Gasteiger partial charge in [-0.05, 0) is 37.0 Å². The lowest BCUT2D eigenvalue weighted by molar-refractivity contribution is 0.250. The zero-order chi connectivity index (χ0) is 16.2. The Bertz CT molecular complexity index is 488. The molecule has 0 radical (unpaired) electrons. The van der Waals surface area contributed by atoms with Crippen molar-refractivity contribution in [2.45, 2.75) is 39.0 Å². The summed E-state index contributed by atoms with van der Waals surface area (Å²) in [6.45, 7) is 4.09. The first-order valence-electron chi connectivity index (χ1n) is 8.52. The van der Waals surface area contributed by atoms with Crippen LogP contribution in [0.25, 0.3) is 0 Å². The Labute approximate surface area is 158 Å². The molecule has 1 heterocycles. The molecule has 1 aliphatic carbocycles. The number of guanidine groups is 1. The summed E-state index contributed by atoms with van der Waals surface area (Å²) in [6, 6.07) is 0. The van der Waals surface area contributed by atoms with Crippen LogP contribution in [0.15, 0.2) is 4.99 Å². The van der Waals surface area contributed by atoms with Crippen molar-refractivity contribution in [2.75, 3.05) is 38.7 Å². The van der Waals surface area contributed by atoms with E-state index in [0.717, 1.165) is 30.8 Å². The molecule has 2 aliphatic rings. The molecule has 1 saturated carbocycles. The first-order valence-corrected chi connectivity index (χ1v) is 10.3. The summed E-state index contributed by atoms with van der Waals surface area (Å²) in [4.78, 5) is 6.55. The second-order valence-corrected chi connectivity index (χ2v) is 9.43. The molecule has 0 aromatic rings. The lowest BCUT2D eigenvalue weighted by atomic mass is 9.83. The van der Waals surface area contributed by atoms with Crippen LogP contribution >= 0.6 is 24.0 Å². The van der Waals surface area contributed by atoms with Crippen molar-refractivity contribution >= 4 is 39.8 Å². The van der Waals surface area contributed by atoms with Crippen LogP contribution in [0.3, 0.4) is 0 Å². The maximum atomic E-state index is 11.5. The molecule has 23 heavy (non-hydrogen) atoms. The molecule has 2 rings (SSSR count). The van der Waals surface area contributed by atoms with E-state index >= 15 is 0 Å². The van der Waals surface area contributed by atoms with Gasteiger partial charge in [-0.2, -0.15) is 0 Å². The standard InChI is InChI=1S/C16H31N3O2S.HI/c1-13-4-6-14(7-5-13)11-19(3)16(17-2)18-10-15-8-9-22(20,21)12-15;/h13-15H,4-12H2,1-3H3,(H,17,18);1H. The molecule has 1 N–H and O–H groups in total. The number of hydrogen-bond donors (Lipinski definition) is 1. The van der Waals surface area contributed by atoms with E-state index in [1.54, 1.807) is 7.05 Å². The quantitative estimate of drug-likeness (QED) is 0.400. The highest BCUT2D eigenvalue weighted by Crippen LogP contribution is 2.28. The second kappa shape index (κ2) is 9.44. The van der Waals surface area contributed by atoms with Gasteiger partial charge in [0.15, 0.2) is 15.8 Å². The number of nitrogens with zero attached hydrogens (tertiary/aromatic N) is 2. The third-order valence-corrected chi connectivity index (χ3v) is 6.95. The normalized spacial score (nSPS) is 30.6. The lowest BCUT2D eigenvalue weighted by Gasteiger charge is -2.31. The van der Waals surface area contributed by atoms with Crippen molar-refractivity contribution in [2.24, 2.45) is 22.7 Å². The highest BCUT2D eigenvalue weighted by atomic mass is 127. The van der Waals surface area contributed by atoms with Crippen LogP contribution in [-0.4, -0.2) is 58.0 Å². The Morgan fingerprint density at radius 1 is 1.17 bits per heavy atom. The molecular formula is C16H32IN3O2S.